The number of hydrogen-bond acceptors (Lipinski definition) is 5. The number of carbonyl (C=O) groups excluding carboxylic acids is 2. The number of nitrogens with one attached hydrogen (secondary N) is 2. The average Bonchev–Trinajstić information content (AvgIpc) is 3.14. The van der Waals surface area contributed by atoms with Gasteiger partial charge in [0.25, 0.3) is 5.91 Å². The second-order valence-electron chi connectivity index (χ2n) is 11.9. The highest BCUT2D eigenvalue weighted by Crippen LogP contribution is 2.59. The van der Waals surface area contributed by atoms with Gasteiger partial charge in [-0.2, -0.15) is 5.10 Å². The first-order valence-electron chi connectivity index (χ1n) is 12.6. The van der Waals surface area contributed by atoms with Gasteiger partial charge in [-0.3, -0.25) is 4.79 Å². The van der Waals surface area contributed by atoms with Crippen molar-refractivity contribution in [1.82, 2.24) is 20.4 Å². The van der Waals surface area contributed by atoms with E-state index in [2.05, 4.69) is 36.5 Å². The maximum atomic E-state index is 13.4. The molecule has 1 aromatic heterocycles. The van der Waals surface area contributed by atoms with Crippen molar-refractivity contribution in [3.63, 3.8) is 0 Å². The highest BCUT2D eigenvalue weighted by Gasteiger charge is 2.53. The first-order chi connectivity index (χ1) is 16.0. The summed E-state index contributed by atoms with van der Waals surface area (Å²) >= 11 is 0. The standard InChI is InChI=1S/C26H40N4O4/c1-16(2)15-34-23-20(14-27-30(23)8-7-25(3,4)29-24(32)33-6)22(31)28-21-18-9-17-10-19(21)13-26(5,11-17)12-18/h7-8,14,16-19,21H,9-13,15H2,1-6H3,(H,28,31)(H,29,32)/b8-7+/t17?,18?,19?,21-,26+. The lowest BCUT2D eigenvalue weighted by Crippen LogP contribution is -2.58. The summed E-state index contributed by atoms with van der Waals surface area (Å²) in [6.07, 6.45) is 10.8. The van der Waals surface area contributed by atoms with Crippen LogP contribution in [0, 0.1) is 29.1 Å². The van der Waals surface area contributed by atoms with Crippen LogP contribution in [0.4, 0.5) is 4.79 Å². The Kier molecular flexibility index (Phi) is 6.71. The number of carbonyl (C=O) groups is 2. The molecule has 0 spiro atoms. The zero-order valence-electron chi connectivity index (χ0n) is 21.4. The van der Waals surface area contributed by atoms with E-state index in [0.29, 0.717) is 41.2 Å². The van der Waals surface area contributed by atoms with Crippen molar-refractivity contribution in [2.24, 2.45) is 29.1 Å². The van der Waals surface area contributed by atoms with Crippen LogP contribution in [-0.2, 0) is 4.74 Å². The van der Waals surface area contributed by atoms with E-state index in [1.165, 1.54) is 39.2 Å². The summed E-state index contributed by atoms with van der Waals surface area (Å²) < 4.78 is 12.3. The summed E-state index contributed by atoms with van der Waals surface area (Å²) in [5.41, 5.74) is 0.237. The third kappa shape index (κ3) is 5.26. The monoisotopic (exact) mass is 472 g/mol. The molecule has 0 aliphatic heterocycles. The summed E-state index contributed by atoms with van der Waals surface area (Å²) in [4.78, 5) is 25.1. The highest BCUT2D eigenvalue weighted by atomic mass is 16.5. The maximum absolute atomic E-state index is 13.4. The summed E-state index contributed by atoms with van der Waals surface area (Å²) in [6.45, 7) is 10.7. The molecule has 0 radical (unpaired) electrons. The molecule has 1 aromatic rings. The maximum Gasteiger partial charge on any atom is 0.407 e. The first kappa shape index (κ1) is 24.6. The van der Waals surface area contributed by atoms with Crippen molar-refractivity contribution >= 4 is 18.2 Å². The molecule has 188 valence electrons. The van der Waals surface area contributed by atoms with Gasteiger partial charge in [0.15, 0.2) is 0 Å². The van der Waals surface area contributed by atoms with Gasteiger partial charge in [0.1, 0.15) is 5.56 Å². The second kappa shape index (κ2) is 9.27. The van der Waals surface area contributed by atoms with Gasteiger partial charge in [-0.05, 0) is 81.1 Å². The van der Waals surface area contributed by atoms with Gasteiger partial charge < -0.3 is 20.1 Å². The molecule has 4 saturated carbocycles. The number of amides is 2. The Labute approximate surface area is 202 Å². The predicted octanol–water partition coefficient (Wildman–Crippen LogP) is 4.47. The molecular formula is C26H40N4O4. The lowest BCUT2D eigenvalue weighted by Gasteiger charge is -2.59. The van der Waals surface area contributed by atoms with E-state index in [1.54, 1.807) is 23.2 Å². The number of rotatable bonds is 8. The van der Waals surface area contributed by atoms with Crippen LogP contribution in [0.2, 0.25) is 0 Å². The Morgan fingerprint density at radius 1 is 1.26 bits per heavy atom. The number of methoxy groups -OCH3 is 1. The van der Waals surface area contributed by atoms with Gasteiger partial charge in [0.2, 0.25) is 5.88 Å². The van der Waals surface area contributed by atoms with Crippen molar-refractivity contribution in [1.29, 1.82) is 0 Å². The van der Waals surface area contributed by atoms with Crippen molar-refractivity contribution in [2.45, 2.75) is 78.3 Å². The molecule has 1 heterocycles. The molecule has 34 heavy (non-hydrogen) atoms. The quantitative estimate of drug-likeness (QED) is 0.582. The summed E-state index contributed by atoms with van der Waals surface area (Å²) in [6, 6.07) is 0.233. The molecule has 4 aliphatic rings. The molecule has 2 amide bonds. The van der Waals surface area contributed by atoms with Crippen molar-refractivity contribution < 1.29 is 19.1 Å². The van der Waals surface area contributed by atoms with Crippen molar-refractivity contribution in [3.8, 4) is 5.88 Å². The molecule has 4 fully saturated rings. The number of ether oxygens (including phenoxy) is 2. The van der Waals surface area contributed by atoms with Crippen LogP contribution in [-0.4, -0.2) is 47.1 Å². The lowest BCUT2D eigenvalue weighted by molar-refractivity contribution is -0.0641. The second-order valence-corrected chi connectivity index (χ2v) is 11.9. The average molecular weight is 473 g/mol. The van der Waals surface area contributed by atoms with Crippen LogP contribution in [0.3, 0.4) is 0 Å². The Morgan fingerprint density at radius 3 is 2.53 bits per heavy atom. The SMILES string of the molecule is COC(=O)NC(C)(C)/C=C/n1ncc(C(=O)N[C@H]2C3CC4CC2C[C@](C)(C4)C3)c1OCC(C)C. The molecule has 8 nitrogen and oxygen atoms in total. The Balaban J connectivity index is 1.52. The van der Waals surface area contributed by atoms with E-state index in [1.807, 2.05) is 13.8 Å². The third-order valence-electron chi connectivity index (χ3n) is 7.67. The predicted molar refractivity (Wildman–Crippen MR) is 130 cm³/mol. The van der Waals surface area contributed by atoms with Crippen LogP contribution in [0.15, 0.2) is 12.3 Å². The van der Waals surface area contributed by atoms with E-state index in [9.17, 15) is 9.59 Å². The van der Waals surface area contributed by atoms with E-state index in [0.717, 1.165) is 5.92 Å². The molecule has 0 aromatic carbocycles. The van der Waals surface area contributed by atoms with Crippen LogP contribution >= 0.6 is 0 Å². The van der Waals surface area contributed by atoms with Gasteiger partial charge in [0.05, 0.1) is 25.5 Å². The number of hydrogen-bond donors (Lipinski definition) is 2. The number of alkyl carbamates (subject to hydrolysis) is 1. The molecule has 4 bridgehead atoms. The summed E-state index contributed by atoms with van der Waals surface area (Å²) in [5, 5.41) is 10.5. The molecule has 2 atom stereocenters. The zero-order valence-corrected chi connectivity index (χ0v) is 21.4. The largest absolute Gasteiger partial charge is 0.477 e. The number of nitrogens with zero attached hydrogens (tertiary/aromatic N) is 2. The third-order valence-corrected chi connectivity index (χ3v) is 7.67. The fourth-order valence-corrected chi connectivity index (χ4v) is 6.51. The van der Waals surface area contributed by atoms with Crippen molar-refractivity contribution in [3.05, 3.63) is 17.8 Å². The van der Waals surface area contributed by atoms with Gasteiger partial charge in [0, 0.05) is 12.2 Å². The van der Waals surface area contributed by atoms with Gasteiger partial charge in [-0.15, -0.1) is 0 Å². The van der Waals surface area contributed by atoms with Crippen LogP contribution in [0.5, 0.6) is 5.88 Å². The Hall–Kier alpha value is -2.51. The molecular weight excluding hydrogens is 432 g/mol. The minimum atomic E-state index is -0.673. The van der Waals surface area contributed by atoms with Crippen LogP contribution < -0.4 is 15.4 Å². The van der Waals surface area contributed by atoms with Gasteiger partial charge >= 0.3 is 6.09 Å². The Bertz CT molecular complexity index is 935. The van der Waals surface area contributed by atoms with Crippen LogP contribution in [0.25, 0.3) is 6.20 Å². The number of aromatic nitrogens is 2. The molecule has 5 rings (SSSR count). The summed E-state index contributed by atoms with van der Waals surface area (Å²) in [5.74, 6) is 2.57. The molecule has 2 unspecified atom stereocenters. The van der Waals surface area contributed by atoms with E-state index in [4.69, 9.17) is 9.47 Å². The summed E-state index contributed by atoms with van der Waals surface area (Å²) in [7, 11) is 1.33. The molecule has 4 aliphatic carbocycles. The molecule has 0 saturated heterocycles. The zero-order chi connectivity index (χ0) is 24.7. The molecule has 8 heteroatoms. The smallest absolute Gasteiger partial charge is 0.407 e. The van der Waals surface area contributed by atoms with E-state index >= 15 is 0 Å². The van der Waals surface area contributed by atoms with Gasteiger partial charge in [-0.25, -0.2) is 9.48 Å². The molecule has 2 N–H and O–H groups in total. The normalized spacial score (nSPS) is 30.1. The van der Waals surface area contributed by atoms with E-state index < -0.39 is 11.6 Å². The minimum absolute atomic E-state index is 0.118. The van der Waals surface area contributed by atoms with Gasteiger partial charge in [-0.1, -0.05) is 20.8 Å². The highest BCUT2D eigenvalue weighted by molar-refractivity contribution is 5.96. The fraction of sp³-hybridized carbons (Fsp3) is 0.731. The van der Waals surface area contributed by atoms with E-state index in [-0.39, 0.29) is 11.9 Å². The Morgan fingerprint density at radius 2 is 1.94 bits per heavy atom. The fourth-order valence-electron chi connectivity index (χ4n) is 6.51. The topological polar surface area (TPSA) is 94.5 Å². The minimum Gasteiger partial charge on any atom is -0.477 e. The van der Waals surface area contributed by atoms with Crippen LogP contribution in [0.1, 0.15) is 77.1 Å². The lowest BCUT2D eigenvalue weighted by atomic mass is 9.48. The van der Waals surface area contributed by atoms with Crippen molar-refractivity contribution in [2.75, 3.05) is 13.7 Å². The first-order valence-corrected chi connectivity index (χ1v) is 12.6.